The molecule has 98 valence electrons. The number of halogens is 1. The maximum Gasteiger partial charge on any atom is 0.319 e. The van der Waals surface area contributed by atoms with Crippen molar-refractivity contribution in [3.05, 3.63) is 29.6 Å². The van der Waals surface area contributed by atoms with Gasteiger partial charge >= 0.3 is 6.03 Å². The van der Waals surface area contributed by atoms with Gasteiger partial charge in [-0.1, -0.05) is 0 Å². The number of urea groups is 1. The summed E-state index contributed by atoms with van der Waals surface area (Å²) < 4.78 is 12.8. The second-order valence-electron chi connectivity index (χ2n) is 3.72. The Kier molecular flexibility index (Phi) is 5.10. The van der Waals surface area contributed by atoms with Crippen molar-refractivity contribution < 1.29 is 14.0 Å². The van der Waals surface area contributed by atoms with Crippen LogP contribution in [-0.4, -0.2) is 25.0 Å². The van der Waals surface area contributed by atoms with E-state index in [2.05, 4.69) is 16.0 Å². The molecule has 0 heterocycles. The third-order valence-corrected chi connectivity index (χ3v) is 2.22. The van der Waals surface area contributed by atoms with Gasteiger partial charge in [0.05, 0.1) is 6.54 Å². The van der Waals surface area contributed by atoms with Gasteiger partial charge in [0.25, 0.3) is 0 Å². The Balaban J connectivity index is 2.47. The maximum atomic E-state index is 12.8. The molecule has 6 heteroatoms. The molecule has 1 aromatic carbocycles. The van der Waals surface area contributed by atoms with E-state index in [4.69, 9.17) is 0 Å². The predicted octanol–water partition coefficient (Wildman–Crippen LogP) is 1.39. The second kappa shape index (κ2) is 6.58. The summed E-state index contributed by atoms with van der Waals surface area (Å²) in [4.78, 5) is 22.6. The Labute approximate surface area is 105 Å². The maximum absolute atomic E-state index is 12.8. The number of benzene rings is 1. The monoisotopic (exact) mass is 253 g/mol. The molecule has 0 aliphatic carbocycles. The number of nitrogens with one attached hydrogen (secondary N) is 3. The van der Waals surface area contributed by atoms with Gasteiger partial charge < -0.3 is 16.0 Å². The van der Waals surface area contributed by atoms with Gasteiger partial charge in [-0.3, -0.25) is 4.79 Å². The number of rotatable bonds is 4. The van der Waals surface area contributed by atoms with Crippen LogP contribution in [-0.2, 0) is 4.79 Å². The van der Waals surface area contributed by atoms with E-state index in [1.165, 1.54) is 18.2 Å². The Morgan fingerprint density at radius 1 is 1.28 bits per heavy atom. The molecule has 5 nitrogen and oxygen atoms in total. The molecule has 18 heavy (non-hydrogen) atoms. The van der Waals surface area contributed by atoms with Gasteiger partial charge in [-0.2, -0.15) is 0 Å². The first-order chi connectivity index (χ1) is 8.52. The summed E-state index contributed by atoms with van der Waals surface area (Å²) in [6, 6.07) is 3.54. The molecule has 0 fully saturated rings. The first kappa shape index (κ1) is 14.0. The van der Waals surface area contributed by atoms with Crippen molar-refractivity contribution in [2.45, 2.75) is 13.8 Å². The molecule has 0 bridgehead atoms. The summed E-state index contributed by atoms with van der Waals surface area (Å²) in [5.41, 5.74) is 1.12. The number of amides is 3. The van der Waals surface area contributed by atoms with E-state index >= 15 is 0 Å². The van der Waals surface area contributed by atoms with Crippen LogP contribution in [0.5, 0.6) is 0 Å². The second-order valence-corrected chi connectivity index (χ2v) is 3.72. The molecule has 0 spiro atoms. The standard InChI is InChI=1S/C12H16FN3O2/c1-3-14-11(17)7-15-12(18)16-10-5-4-9(13)6-8(10)2/h4-6H,3,7H2,1-2H3,(H,14,17)(H2,15,16,18). The van der Waals surface area contributed by atoms with Crippen LogP contribution in [0.2, 0.25) is 0 Å². The third kappa shape index (κ3) is 4.40. The van der Waals surface area contributed by atoms with Gasteiger partial charge in [-0.05, 0) is 37.6 Å². The van der Waals surface area contributed by atoms with Crippen LogP contribution in [0.15, 0.2) is 18.2 Å². The molecule has 1 rings (SSSR count). The van der Waals surface area contributed by atoms with E-state index in [9.17, 15) is 14.0 Å². The van der Waals surface area contributed by atoms with Crippen molar-refractivity contribution in [2.24, 2.45) is 0 Å². The zero-order valence-corrected chi connectivity index (χ0v) is 10.3. The van der Waals surface area contributed by atoms with Gasteiger partial charge in [0.1, 0.15) is 5.82 Å². The summed E-state index contributed by atoms with van der Waals surface area (Å²) in [5, 5.41) is 7.49. The lowest BCUT2D eigenvalue weighted by Crippen LogP contribution is -2.38. The molecule has 0 saturated heterocycles. The number of likely N-dealkylation sites (N-methyl/N-ethyl adjacent to an activating group) is 1. The van der Waals surface area contributed by atoms with E-state index < -0.39 is 6.03 Å². The summed E-state index contributed by atoms with van der Waals surface area (Å²) in [7, 11) is 0. The van der Waals surface area contributed by atoms with Crippen molar-refractivity contribution in [1.82, 2.24) is 10.6 Å². The molecule has 0 aromatic heterocycles. The van der Waals surface area contributed by atoms with Crippen LogP contribution in [0.3, 0.4) is 0 Å². The highest BCUT2D eigenvalue weighted by Crippen LogP contribution is 2.15. The van der Waals surface area contributed by atoms with Crippen molar-refractivity contribution in [1.29, 1.82) is 0 Å². The van der Waals surface area contributed by atoms with Crippen molar-refractivity contribution in [2.75, 3.05) is 18.4 Å². The van der Waals surface area contributed by atoms with Crippen molar-refractivity contribution in [3.63, 3.8) is 0 Å². The highest BCUT2D eigenvalue weighted by atomic mass is 19.1. The first-order valence-corrected chi connectivity index (χ1v) is 5.60. The fourth-order valence-electron chi connectivity index (χ4n) is 1.35. The molecule has 0 radical (unpaired) electrons. The van der Waals surface area contributed by atoms with Crippen LogP contribution in [0.4, 0.5) is 14.9 Å². The highest BCUT2D eigenvalue weighted by Gasteiger charge is 2.06. The van der Waals surface area contributed by atoms with Crippen LogP contribution in [0.25, 0.3) is 0 Å². The van der Waals surface area contributed by atoms with E-state index in [0.717, 1.165) is 0 Å². The molecular formula is C12H16FN3O2. The Morgan fingerprint density at radius 2 is 2.00 bits per heavy atom. The lowest BCUT2D eigenvalue weighted by atomic mass is 10.2. The molecule has 0 saturated carbocycles. The summed E-state index contributed by atoms with van der Waals surface area (Å²) >= 11 is 0. The predicted molar refractivity (Wildman–Crippen MR) is 66.8 cm³/mol. The van der Waals surface area contributed by atoms with Crippen LogP contribution in [0, 0.1) is 12.7 Å². The zero-order valence-electron chi connectivity index (χ0n) is 10.3. The quantitative estimate of drug-likeness (QED) is 0.759. The van der Waals surface area contributed by atoms with Crippen molar-refractivity contribution >= 4 is 17.6 Å². The minimum absolute atomic E-state index is 0.0973. The molecule has 0 unspecified atom stereocenters. The molecular weight excluding hydrogens is 237 g/mol. The largest absolute Gasteiger partial charge is 0.355 e. The van der Waals surface area contributed by atoms with Crippen molar-refractivity contribution in [3.8, 4) is 0 Å². The molecule has 0 aliphatic rings. The van der Waals surface area contributed by atoms with E-state index in [-0.39, 0.29) is 18.3 Å². The molecule has 1 aromatic rings. The molecule has 0 atom stereocenters. The van der Waals surface area contributed by atoms with E-state index in [1.807, 2.05) is 0 Å². The number of carbonyl (C=O) groups is 2. The zero-order chi connectivity index (χ0) is 13.5. The number of hydrogen-bond acceptors (Lipinski definition) is 2. The summed E-state index contributed by atoms with van der Waals surface area (Å²) in [6.45, 7) is 3.89. The summed E-state index contributed by atoms with van der Waals surface area (Å²) in [5.74, 6) is -0.621. The Morgan fingerprint density at radius 3 is 2.61 bits per heavy atom. The van der Waals surface area contributed by atoms with Gasteiger partial charge in [-0.25, -0.2) is 9.18 Å². The number of hydrogen-bond donors (Lipinski definition) is 3. The normalized spacial score (nSPS) is 9.72. The number of anilines is 1. The topological polar surface area (TPSA) is 70.2 Å². The molecule has 3 amide bonds. The van der Waals surface area contributed by atoms with Gasteiger partial charge in [0.2, 0.25) is 5.91 Å². The van der Waals surface area contributed by atoms with Gasteiger partial charge in [-0.15, -0.1) is 0 Å². The van der Waals surface area contributed by atoms with Crippen LogP contribution >= 0.6 is 0 Å². The average Bonchev–Trinajstić information content (AvgIpc) is 2.31. The Hall–Kier alpha value is -2.11. The number of aryl methyl sites for hydroxylation is 1. The van der Waals surface area contributed by atoms with E-state index in [0.29, 0.717) is 17.8 Å². The SMILES string of the molecule is CCNC(=O)CNC(=O)Nc1ccc(F)cc1C. The lowest BCUT2D eigenvalue weighted by molar-refractivity contribution is -0.119. The smallest absolute Gasteiger partial charge is 0.319 e. The average molecular weight is 253 g/mol. The highest BCUT2D eigenvalue weighted by molar-refractivity contribution is 5.92. The molecule has 0 aliphatic heterocycles. The van der Waals surface area contributed by atoms with Crippen LogP contribution in [0.1, 0.15) is 12.5 Å². The fraction of sp³-hybridized carbons (Fsp3) is 0.333. The Bertz CT molecular complexity index is 449. The lowest BCUT2D eigenvalue weighted by Gasteiger charge is -2.09. The minimum atomic E-state index is -0.504. The number of carbonyl (C=O) groups excluding carboxylic acids is 2. The summed E-state index contributed by atoms with van der Waals surface area (Å²) in [6.07, 6.45) is 0. The van der Waals surface area contributed by atoms with Gasteiger partial charge in [0.15, 0.2) is 0 Å². The molecule has 3 N–H and O–H groups in total. The van der Waals surface area contributed by atoms with Gasteiger partial charge in [0, 0.05) is 12.2 Å². The fourth-order valence-corrected chi connectivity index (χ4v) is 1.35. The van der Waals surface area contributed by atoms with E-state index in [1.54, 1.807) is 13.8 Å². The van der Waals surface area contributed by atoms with Crippen LogP contribution < -0.4 is 16.0 Å². The minimum Gasteiger partial charge on any atom is -0.355 e. The third-order valence-electron chi connectivity index (χ3n) is 2.22. The first-order valence-electron chi connectivity index (χ1n) is 5.60.